The number of nitro groups is 1. The normalized spacial score (nSPS) is 12.3. The van der Waals surface area contributed by atoms with Crippen molar-refractivity contribution in [2.24, 2.45) is 0 Å². The number of rotatable bonds is 5. The number of para-hydroxylation sites is 1. The van der Waals surface area contributed by atoms with Crippen molar-refractivity contribution >= 4 is 17.3 Å². The van der Waals surface area contributed by atoms with E-state index in [0.29, 0.717) is 22.1 Å². The third kappa shape index (κ3) is 3.35. The minimum Gasteiger partial charge on any atom is -0.296 e. The van der Waals surface area contributed by atoms with Gasteiger partial charge in [0.25, 0.3) is 5.69 Å². The number of halogens is 1. The number of nitrogens with zero attached hydrogens (tertiary/aromatic N) is 6. The number of nitro benzene ring substituents is 1. The summed E-state index contributed by atoms with van der Waals surface area (Å²) in [5, 5.41) is 23.9. The second-order valence-corrected chi connectivity index (χ2v) is 6.05. The van der Waals surface area contributed by atoms with E-state index in [1.54, 1.807) is 36.4 Å². The zero-order valence-corrected chi connectivity index (χ0v) is 14.3. The smallest absolute Gasteiger partial charge is 0.274 e. The summed E-state index contributed by atoms with van der Waals surface area (Å²) in [6.45, 7) is 0. The van der Waals surface area contributed by atoms with Gasteiger partial charge in [0, 0.05) is 11.1 Å². The SMILES string of the molecule is CN(C)C(c1ccccc1[N+](=O)[O-])c1nnnn1-c1cccc(Cl)c1. The first-order valence-electron chi connectivity index (χ1n) is 7.43. The van der Waals surface area contributed by atoms with Gasteiger partial charge in [-0.3, -0.25) is 15.0 Å². The molecule has 2 aromatic carbocycles. The fraction of sp³-hybridized carbons (Fsp3) is 0.188. The molecule has 0 radical (unpaired) electrons. The minimum atomic E-state index is -0.504. The van der Waals surface area contributed by atoms with E-state index < -0.39 is 11.0 Å². The standard InChI is InChI=1S/C16H15ClN6O2/c1-21(2)15(13-8-3-4-9-14(13)23(24)25)16-18-19-20-22(16)12-7-5-6-11(17)10-12/h3-10,15H,1-2H3. The maximum Gasteiger partial charge on any atom is 0.274 e. The van der Waals surface area contributed by atoms with Crippen LogP contribution in [0, 0.1) is 10.1 Å². The van der Waals surface area contributed by atoms with Gasteiger partial charge in [0.2, 0.25) is 0 Å². The molecule has 1 aromatic heterocycles. The van der Waals surface area contributed by atoms with Crippen LogP contribution in [0.2, 0.25) is 5.02 Å². The lowest BCUT2D eigenvalue weighted by atomic mass is 10.0. The molecule has 3 rings (SSSR count). The molecule has 0 saturated carbocycles. The number of hydrogen-bond acceptors (Lipinski definition) is 6. The van der Waals surface area contributed by atoms with Crippen molar-refractivity contribution in [3.05, 3.63) is 75.1 Å². The van der Waals surface area contributed by atoms with Gasteiger partial charge in [0.05, 0.1) is 16.2 Å². The van der Waals surface area contributed by atoms with E-state index in [4.69, 9.17) is 11.6 Å². The Kier molecular flexibility index (Phi) is 4.73. The van der Waals surface area contributed by atoms with E-state index in [2.05, 4.69) is 15.5 Å². The summed E-state index contributed by atoms with van der Waals surface area (Å²) in [5.41, 5.74) is 1.20. The number of hydrogen-bond donors (Lipinski definition) is 0. The molecule has 0 amide bonds. The molecule has 0 aliphatic carbocycles. The molecular formula is C16H15ClN6O2. The van der Waals surface area contributed by atoms with E-state index in [1.165, 1.54) is 10.7 Å². The van der Waals surface area contributed by atoms with E-state index in [1.807, 2.05) is 25.1 Å². The Morgan fingerprint density at radius 3 is 2.64 bits per heavy atom. The molecule has 0 aliphatic rings. The van der Waals surface area contributed by atoms with Gasteiger partial charge in [0.1, 0.15) is 6.04 Å². The Morgan fingerprint density at radius 1 is 1.20 bits per heavy atom. The van der Waals surface area contributed by atoms with Crippen molar-refractivity contribution < 1.29 is 4.92 Å². The lowest BCUT2D eigenvalue weighted by Crippen LogP contribution is -2.25. The van der Waals surface area contributed by atoms with Crippen LogP contribution in [0.15, 0.2) is 48.5 Å². The molecule has 3 aromatic rings. The van der Waals surface area contributed by atoms with E-state index in [9.17, 15) is 10.1 Å². The lowest BCUT2D eigenvalue weighted by Gasteiger charge is -2.23. The van der Waals surface area contributed by atoms with Gasteiger partial charge >= 0.3 is 0 Å². The van der Waals surface area contributed by atoms with Crippen molar-refractivity contribution in [1.29, 1.82) is 0 Å². The third-order valence-electron chi connectivity index (χ3n) is 3.74. The van der Waals surface area contributed by atoms with Gasteiger partial charge in [-0.05, 0) is 42.7 Å². The number of tetrazole rings is 1. The quantitative estimate of drug-likeness (QED) is 0.514. The average Bonchev–Trinajstić information content (AvgIpc) is 3.04. The summed E-state index contributed by atoms with van der Waals surface area (Å²) in [4.78, 5) is 12.9. The van der Waals surface area contributed by atoms with Gasteiger partial charge < -0.3 is 0 Å². The van der Waals surface area contributed by atoms with Crippen molar-refractivity contribution in [3.8, 4) is 5.69 Å². The van der Waals surface area contributed by atoms with Crippen LogP contribution in [-0.4, -0.2) is 44.1 Å². The van der Waals surface area contributed by atoms with Gasteiger partial charge in [0.15, 0.2) is 5.82 Å². The first-order chi connectivity index (χ1) is 12.0. The fourth-order valence-corrected chi connectivity index (χ4v) is 2.87. The molecule has 25 heavy (non-hydrogen) atoms. The number of benzene rings is 2. The Morgan fingerprint density at radius 2 is 1.96 bits per heavy atom. The Balaban J connectivity index is 2.17. The van der Waals surface area contributed by atoms with Gasteiger partial charge in [-0.15, -0.1) is 5.10 Å². The molecule has 1 atom stereocenters. The molecule has 0 spiro atoms. The van der Waals surface area contributed by atoms with Crippen LogP contribution >= 0.6 is 11.6 Å². The molecule has 9 heteroatoms. The predicted molar refractivity (Wildman–Crippen MR) is 92.8 cm³/mol. The van der Waals surface area contributed by atoms with Crippen LogP contribution in [0.1, 0.15) is 17.4 Å². The molecule has 0 saturated heterocycles. The maximum absolute atomic E-state index is 11.4. The highest BCUT2D eigenvalue weighted by atomic mass is 35.5. The molecule has 0 bridgehead atoms. The van der Waals surface area contributed by atoms with Crippen LogP contribution in [0.3, 0.4) is 0 Å². The highest BCUT2D eigenvalue weighted by Crippen LogP contribution is 2.32. The molecule has 0 fully saturated rings. The molecule has 0 aliphatic heterocycles. The second-order valence-electron chi connectivity index (χ2n) is 5.61. The average molecular weight is 359 g/mol. The summed E-state index contributed by atoms with van der Waals surface area (Å²) in [6.07, 6.45) is 0. The van der Waals surface area contributed by atoms with E-state index >= 15 is 0 Å². The molecular weight excluding hydrogens is 344 g/mol. The maximum atomic E-state index is 11.4. The Hall–Kier alpha value is -2.84. The van der Waals surface area contributed by atoms with Crippen LogP contribution in [-0.2, 0) is 0 Å². The van der Waals surface area contributed by atoms with Crippen molar-refractivity contribution in [2.75, 3.05) is 14.1 Å². The van der Waals surface area contributed by atoms with Crippen LogP contribution in [0.5, 0.6) is 0 Å². The summed E-state index contributed by atoms with van der Waals surface area (Å²) in [5.74, 6) is 0.460. The van der Waals surface area contributed by atoms with Gasteiger partial charge in [-0.25, -0.2) is 0 Å². The minimum absolute atomic E-state index is 0.0156. The first kappa shape index (κ1) is 17.0. The summed E-state index contributed by atoms with van der Waals surface area (Å²) in [7, 11) is 3.64. The number of aromatic nitrogens is 4. The summed E-state index contributed by atoms with van der Waals surface area (Å²) >= 11 is 6.06. The predicted octanol–water partition coefficient (Wildman–Crippen LogP) is 2.87. The van der Waals surface area contributed by atoms with Gasteiger partial charge in [-0.1, -0.05) is 35.9 Å². The van der Waals surface area contributed by atoms with Crippen molar-refractivity contribution in [1.82, 2.24) is 25.1 Å². The molecule has 8 nitrogen and oxygen atoms in total. The zero-order valence-electron chi connectivity index (χ0n) is 13.6. The first-order valence-corrected chi connectivity index (χ1v) is 7.81. The highest BCUT2D eigenvalue weighted by Gasteiger charge is 2.30. The van der Waals surface area contributed by atoms with Crippen LogP contribution in [0.4, 0.5) is 5.69 Å². The summed E-state index contributed by atoms with van der Waals surface area (Å²) < 4.78 is 1.53. The third-order valence-corrected chi connectivity index (χ3v) is 3.97. The molecule has 1 heterocycles. The van der Waals surface area contributed by atoms with Crippen molar-refractivity contribution in [2.45, 2.75) is 6.04 Å². The Labute approximate surface area is 148 Å². The molecule has 128 valence electrons. The van der Waals surface area contributed by atoms with Gasteiger partial charge in [-0.2, -0.15) is 4.68 Å². The Bertz CT molecular complexity index is 911. The monoisotopic (exact) mass is 358 g/mol. The largest absolute Gasteiger partial charge is 0.296 e. The fourth-order valence-electron chi connectivity index (χ4n) is 2.69. The topological polar surface area (TPSA) is 90.0 Å². The lowest BCUT2D eigenvalue weighted by molar-refractivity contribution is -0.385. The van der Waals surface area contributed by atoms with E-state index in [-0.39, 0.29) is 5.69 Å². The van der Waals surface area contributed by atoms with Crippen LogP contribution < -0.4 is 0 Å². The zero-order chi connectivity index (χ0) is 18.0. The van der Waals surface area contributed by atoms with Crippen LogP contribution in [0.25, 0.3) is 5.69 Å². The summed E-state index contributed by atoms with van der Waals surface area (Å²) in [6, 6.07) is 13.2. The van der Waals surface area contributed by atoms with Crippen molar-refractivity contribution in [3.63, 3.8) is 0 Å². The second kappa shape index (κ2) is 6.96. The molecule has 0 N–H and O–H groups in total. The highest BCUT2D eigenvalue weighted by molar-refractivity contribution is 6.30. The van der Waals surface area contributed by atoms with E-state index in [0.717, 1.165) is 0 Å². The molecule has 1 unspecified atom stereocenters.